The molecule has 33 heavy (non-hydrogen) atoms. The Morgan fingerprint density at radius 3 is 2.67 bits per heavy atom. The summed E-state index contributed by atoms with van der Waals surface area (Å²) in [5, 5.41) is 2.94. The first-order valence-corrected chi connectivity index (χ1v) is 11.5. The first-order valence-electron chi connectivity index (χ1n) is 10.7. The predicted octanol–water partition coefficient (Wildman–Crippen LogP) is 6.42. The number of hydrogen-bond donors (Lipinski definition) is 0. The molecule has 0 saturated heterocycles. The van der Waals surface area contributed by atoms with E-state index in [1.54, 1.807) is 23.9 Å². The van der Waals surface area contributed by atoms with E-state index in [1.165, 1.54) is 11.1 Å². The number of aromatic nitrogens is 3. The van der Waals surface area contributed by atoms with Gasteiger partial charge in [-0.1, -0.05) is 47.7 Å². The topological polar surface area (TPSA) is 51.0 Å². The molecule has 2 heterocycles. The number of rotatable bonds is 6. The molecule has 5 nitrogen and oxygen atoms in total. The number of carbonyl (C=O) groups is 1. The minimum absolute atomic E-state index is 0. The number of anilines is 1. The third-order valence-corrected chi connectivity index (χ3v) is 6.95. The van der Waals surface area contributed by atoms with Gasteiger partial charge in [0.1, 0.15) is 0 Å². The van der Waals surface area contributed by atoms with E-state index in [2.05, 4.69) is 37.0 Å². The Labute approximate surface area is 203 Å². The minimum atomic E-state index is -0.0187. The van der Waals surface area contributed by atoms with Crippen LogP contribution in [0.5, 0.6) is 0 Å². The molecule has 0 N–H and O–H groups in total. The van der Waals surface area contributed by atoms with Crippen molar-refractivity contribution in [2.75, 3.05) is 11.4 Å². The van der Waals surface area contributed by atoms with Crippen LogP contribution < -0.4 is 4.90 Å². The molecule has 0 radical (unpaired) electrons. The van der Waals surface area contributed by atoms with Gasteiger partial charge in [-0.3, -0.25) is 9.69 Å². The van der Waals surface area contributed by atoms with Gasteiger partial charge in [0.05, 0.1) is 16.5 Å². The van der Waals surface area contributed by atoms with Gasteiger partial charge in [0.25, 0.3) is 5.91 Å². The van der Waals surface area contributed by atoms with Crippen molar-refractivity contribution in [3.8, 4) is 0 Å². The number of halogens is 1. The zero-order valence-corrected chi connectivity index (χ0v) is 20.2. The number of carbonyl (C=O) groups excluding carboxylic acids is 1. The van der Waals surface area contributed by atoms with Crippen molar-refractivity contribution < 1.29 is 4.79 Å². The second kappa shape index (κ2) is 9.73. The largest absolute Gasteiger partial charge is 0.337 e. The number of fused-ring (bicyclic) bond motifs is 2. The molecule has 0 unspecified atom stereocenters. The Hall–Kier alpha value is -3.22. The summed E-state index contributed by atoms with van der Waals surface area (Å²) in [6, 6.07) is 18.2. The number of benzene rings is 3. The van der Waals surface area contributed by atoms with Crippen LogP contribution in [-0.2, 0) is 6.54 Å². The summed E-state index contributed by atoms with van der Waals surface area (Å²) in [6.45, 7) is 5.57. The maximum Gasteiger partial charge on any atom is 0.260 e. The molecule has 3 aromatic carbocycles. The lowest BCUT2D eigenvalue weighted by Crippen LogP contribution is -2.32. The summed E-state index contributed by atoms with van der Waals surface area (Å²) >= 11 is 1.58. The van der Waals surface area contributed by atoms with E-state index < -0.39 is 0 Å². The number of aryl methyl sites for hydroxylation is 3. The molecule has 2 aromatic heterocycles. The molecule has 168 valence electrons. The molecule has 0 spiro atoms. The maximum atomic E-state index is 13.7. The van der Waals surface area contributed by atoms with E-state index in [0.29, 0.717) is 12.1 Å². The van der Waals surface area contributed by atoms with Crippen LogP contribution in [0.1, 0.15) is 27.9 Å². The van der Waals surface area contributed by atoms with Crippen molar-refractivity contribution in [3.05, 3.63) is 90.0 Å². The van der Waals surface area contributed by atoms with Crippen LogP contribution in [0.4, 0.5) is 5.13 Å². The zero-order chi connectivity index (χ0) is 22.1. The summed E-state index contributed by atoms with van der Waals surface area (Å²) in [7, 11) is 0. The van der Waals surface area contributed by atoms with Crippen molar-refractivity contribution >= 4 is 55.8 Å². The quantitative estimate of drug-likeness (QED) is 0.284. The fourth-order valence-electron chi connectivity index (χ4n) is 3.92. The lowest BCUT2D eigenvalue weighted by molar-refractivity contribution is 0.0986. The Morgan fingerprint density at radius 2 is 1.88 bits per heavy atom. The van der Waals surface area contributed by atoms with Crippen molar-refractivity contribution in [3.63, 3.8) is 0 Å². The van der Waals surface area contributed by atoms with E-state index in [4.69, 9.17) is 4.98 Å². The number of nitrogens with zero attached hydrogens (tertiary/aromatic N) is 4. The molecule has 0 aliphatic carbocycles. The van der Waals surface area contributed by atoms with Gasteiger partial charge in [-0.2, -0.15) is 0 Å². The van der Waals surface area contributed by atoms with Gasteiger partial charge in [0, 0.05) is 31.0 Å². The van der Waals surface area contributed by atoms with Crippen LogP contribution in [0.25, 0.3) is 21.0 Å². The van der Waals surface area contributed by atoms with Gasteiger partial charge >= 0.3 is 0 Å². The van der Waals surface area contributed by atoms with Crippen LogP contribution in [0.15, 0.2) is 73.3 Å². The summed E-state index contributed by atoms with van der Waals surface area (Å²) in [4.78, 5) is 24.5. The fourth-order valence-corrected chi connectivity index (χ4v) is 4.97. The Morgan fingerprint density at radius 1 is 1.06 bits per heavy atom. The summed E-state index contributed by atoms with van der Waals surface area (Å²) < 4.78 is 3.14. The summed E-state index contributed by atoms with van der Waals surface area (Å²) in [5.41, 5.74) is 4.04. The van der Waals surface area contributed by atoms with Gasteiger partial charge in [-0.15, -0.1) is 12.4 Å². The van der Waals surface area contributed by atoms with E-state index in [-0.39, 0.29) is 18.3 Å². The molecule has 7 heteroatoms. The van der Waals surface area contributed by atoms with Gasteiger partial charge in [-0.25, -0.2) is 9.97 Å². The lowest BCUT2D eigenvalue weighted by Gasteiger charge is -2.20. The van der Waals surface area contributed by atoms with E-state index in [1.807, 2.05) is 52.1 Å². The highest BCUT2D eigenvalue weighted by Crippen LogP contribution is 2.33. The molecule has 5 aromatic rings. The molecular formula is C26H25ClN4OS. The Kier molecular flexibility index (Phi) is 6.77. The van der Waals surface area contributed by atoms with Crippen LogP contribution >= 0.6 is 23.7 Å². The van der Waals surface area contributed by atoms with Gasteiger partial charge in [0.15, 0.2) is 5.13 Å². The van der Waals surface area contributed by atoms with E-state index in [9.17, 15) is 4.79 Å². The average Bonchev–Trinajstić information content (AvgIpc) is 3.49. The van der Waals surface area contributed by atoms with Crippen LogP contribution in [0.3, 0.4) is 0 Å². The van der Waals surface area contributed by atoms with Gasteiger partial charge in [0.2, 0.25) is 0 Å². The van der Waals surface area contributed by atoms with Crippen LogP contribution in [0, 0.1) is 13.8 Å². The van der Waals surface area contributed by atoms with Crippen molar-refractivity contribution in [2.24, 2.45) is 0 Å². The van der Waals surface area contributed by atoms with Crippen molar-refractivity contribution in [2.45, 2.75) is 26.8 Å². The molecule has 0 fully saturated rings. The van der Waals surface area contributed by atoms with Crippen LogP contribution in [-0.4, -0.2) is 27.0 Å². The molecule has 0 aliphatic rings. The Balaban J connectivity index is 0.00000259. The lowest BCUT2D eigenvalue weighted by atomic mass is 10.1. The smallest absolute Gasteiger partial charge is 0.260 e. The normalized spacial score (nSPS) is 11.0. The van der Waals surface area contributed by atoms with E-state index in [0.717, 1.165) is 39.1 Å². The number of amides is 1. The minimum Gasteiger partial charge on any atom is -0.337 e. The summed E-state index contributed by atoms with van der Waals surface area (Å²) in [6.07, 6.45) is 6.33. The molecule has 1 amide bonds. The third kappa shape index (κ3) is 4.63. The molecule has 5 rings (SSSR count). The standard InChI is InChI=1S/C26H24N4OS.ClH/c1-18-8-11-23-24(19(18)2)28-26(32-23)30(14-5-13-29-15-12-27-17-29)25(31)22-10-9-20-6-3-4-7-21(20)16-22;/h3-4,6-12,15-17H,5,13-14H2,1-2H3;1H. The fraction of sp³-hybridized carbons (Fsp3) is 0.192. The van der Waals surface area contributed by atoms with Gasteiger partial charge in [-0.05, 0) is 60.4 Å². The average molecular weight is 477 g/mol. The molecule has 0 aliphatic heterocycles. The Bertz CT molecular complexity index is 1410. The molecular weight excluding hydrogens is 452 g/mol. The third-order valence-electron chi connectivity index (χ3n) is 5.90. The highest BCUT2D eigenvalue weighted by Gasteiger charge is 2.22. The monoisotopic (exact) mass is 476 g/mol. The first kappa shape index (κ1) is 23.0. The number of imidazole rings is 1. The maximum absolute atomic E-state index is 13.7. The number of thiazole rings is 1. The van der Waals surface area contributed by atoms with Crippen molar-refractivity contribution in [1.82, 2.24) is 14.5 Å². The zero-order valence-electron chi connectivity index (χ0n) is 18.6. The molecule has 0 atom stereocenters. The van der Waals surface area contributed by atoms with Crippen LogP contribution in [0.2, 0.25) is 0 Å². The van der Waals surface area contributed by atoms with E-state index >= 15 is 0 Å². The van der Waals surface area contributed by atoms with Crippen molar-refractivity contribution in [1.29, 1.82) is 0 Å². The number of hydrogen-bond acceptors (Lipinski definition) is 4. The molecule has 0 saturated carbocycles. The second-order valence-corrected chi connectivity index (χ2v) is 9.03. The van der Waals surface area contributed by atoms with Gasteiger partial charge < -0.3 is 4.57 Å². The highest BCUT2D eigenvalue weighted by molar-refractivity contribution is 7.22. The SMILES string of the molecule is Cc1ccc2sc(N(CCCn3ccnc3)C(=O)c3ccc4ccccc4c3)nc2c1C.Cl. The molecule has 0 bridgehead atoms. The highest BCUT2D eigenvalue weighted by atomic mass is 35.5. The summed E-state index contributed by atoms with van der Waals surface area (Å²) in [5.74, 6) is -0.0187. The first-order chi connectivity index (χ1) is 15.6. The predicted molar refractivity (Wildman–Crippen MR) is 139 cm³/mol. The second-order valence-electron chi connectivity index (χ2n) is 8.02.